The van der Waals surface area contributed by atoms with Crippen molar-refractivity contribution in [3.05, 3.63) is 0 Å². The molecule has 0 bridgehead atoms. The second kappa shape index (κ2) is 6.35. The third-order valence-corrected chi connectivity index (χ3v) is 2.79. The van der Waals surface area contributed by atoms with Gasteiger partial charge in [0.15, 0.2) is 0 Å². The van der Waals surface area contributed by atoms with Gasteiger partial charge in [-0.3, -0.25) is 4.90 Å². The molecule has 4 N–H and O–H groups in total. The molecule has 0 spiro atoms. The molecule has 1 saturated heterocycles. The Bertz CT molecular complexity index is 151. The fraction of sp³-hybridized carbons (Fsp3) is 1.00. The van der Waals surface area contributed by atoms with Crippen LogP contribution in [0.15, 0.2) is 0 Å². The first-order valence-corrected chi connectivity index (χ1v) is 5.62. The van der Waals surface area contributed by atoms with E-state index in [1.54, 1.807) is 0 Å². The molecule has 1 heterocycles. The molecule has 1 aliphatic heterocycles. The van der Waals surface area contributed by atoms with Gasteiger partial charge >= 0.3 is 0 Å². The molecular weight excluding hydrogens is 176 g/mol. The van der Waals surface area contributed by atoms with Crippen LogP contribution in [0.3, 0.4) is 0 Å². The molecule has 1 rings (SSSR count). The lowest BCUT2D eigenvalue weighted by Gasteiger charge is -2.37. The van der Waals surface area contributed by atoms with Gasteiger partial charge in [0.1, 0.15) is 0 Å². The van der Waals surface area contributed by atoms with Crippen LogP contribution in [0.4, 0.5) is 0 Å². The first-order chi connectivity index (χ1) is 6.74. The lowest BCUT2D eigenvalue weighted by Crippen LogP contribution is -2.55. The zero-order valence-electron chi connectivity index (χ0n) is 9.42. The zero-order chi connectivity index (χ0) is 10.4. The minimum atomic E-state index is 0.626. The molecule has 2 atom stereocenters. The van der Waals surface area contributed by atoms with E-state index in [4.69, 9.17) is 5.73 Å². The van der Waals surface area contributed by atoms with Crippen LogP contribution in [0, 0.1) is 0 Å². The van der Waals surface area contributed by atoms with Crippen LogP contribution in [-0.2, 0) is 0 Å². The SMILES string of the molecule is CC1CN(CCNCCN)C(C)CN1. The number of hydrogen-bond donors (Lipinski definition) is 3. The van der Waals surface area contributed by atoms with Crippen LogP contribution in [0.2, 0.25) is 0 Å². The number of piperazine rings is 1. The maximum Gasteiger partial charge on any atom is 0.0193 e. The Kier molecular flexibility index (Phi) is 5.40. The van der Waals surface area contributed by atoms with Crippen LogP contribution in [0.25, 0.3) is 0 Å². The van der Waals surface area contributed by atoms with E-state index >= 15 is 0 Å². The molecular formula is C10H24N4. The van der Waals surface area contributed by atoms with E-state index in [2.05, 4.69) is 29.4 Å². The Balaban J connectivity index is 2.14. The van der Waals surface area contributed by atoms with Gasteiger partial charge in [0.25, 0.3) is 0 Å². The topological polar surface area (TPSA) is 53.3 Å². The van der Waals surface area contributed by atoms with E-state index in [-0.39, 0.29) is 0 Å². The summed E-state index contributed by atoms with van der Waals surface area (Å²) in [5.41, 5.74) is 5.41. The number of rotatable bonds is 5. The number of nitrogens with one attached hydrogen (secondary N) is 2. The quantitative estimate of drug-likeness (QED) is 0.510. The largest absolute Gasteiger partial charge is 0.329 e. The van der Waals surface area contributed by atoms with Crippen molar-refractivity contribution >= 4 is 0 Å². The third kappa shape index (κ3) is 3.92. The fourth-order valence-electron chi connectivity index (χ4n) is 1.86. The van der Waals surface area contributed by atoms with Crippen molar-refractivity contribution < 1.29 is 0 Å². The van der Waals surface area contributed by atoms with Crippen molar-refractivity contribution in [2.45, 2.75) is 25.9 Å². The van der Waals surface area contributed by atoms with E-state index in [1.165, 1.54) is 0 Å². The van der Waals surface area contributed by atoms with Crippen molar-refractivity contribution in [2.75, 3.05) is 39.3 Å². The van der Waals surface area contributed by atoms with Gasteiger partial charge in [-0.05, 0) is 13.8 Å². The van der Waals surface area contributed by atoms with Crippen molar-refractivity contribution in [1.82, 2.24) is 15.5 Å². The van der Waals surface area contributed by atoms with E-state index in [1.807, 2.05) is 0 Å². The Morgan fingerprint density at radius 1 is 1.43 bits per heavy atom. The Morgan fingerprint density at radius 2 is 2.21 bits per heavy atom. The third-order valence-electron chi connectivity index (χ3n) is 2.79. The summed E-state index contributed by atoms with van der Waals surface area (Å²) < 4.78 is 0. The predicted octanol–water partition coefficient (Wildman–Crippen LogP) is -0.783. The monoisotopic (exact) mass is 200 g/mol. The smallest absolute Gasteiger partial charge is 0.0193 e. The van der Waals surface area contributed by atoms with Gasteiger partial charge in [-0.15, -0.1) is 0 Å². The summed E-state index contributed by atoms with van der Waals surface area (Å²) in [5.74, 6) is 0. The number of nitrogens with two attached hydrogens (primary N) is 1. The molecule has 0 aromatic carbocycles. The van der Waals surface area contributed by atoms with E-state index in [9.17, 15) is 0 Å². The average molecular weight is 200 g/mol. The Labute approximate surface area is 87.2 Å². The first-order valence-electron chi connectivity index (χ1n) is 5.62. The maximum atomic E-state index is 5.41. The van der Waals surface area contributed by atoms with Crippen LogP contribution in [0.5, 0.6) is 0 Å². The molecule has 0 saturated carbocycles. The van der Waals surface area contributed by atoms with E-state index in [0.717, 1.165) is 39.3 Å². The van der Waals surface area contributed by atoms with Gasteiger partial charge < -0.3 is 16.4 Å². The molecule has 1 aliphatic rings. The van der Waals surface area contributed by atoms with Gasteiger partial charge in [-0.1, -0.05) is 0 Å². The Morgan fingerprint density at radius 3 is 2.93 bits per heavy atom. The van der Waals surface area contributed by atoms with Gasteiger partial charge in [-0.25, -0.2) is 0 Å². The molecule has 14 heavy (non-hydrogen) atoms. The highest BCUT2D eigenvalue weighted by molar-refractivity contribution is 4.81. The minimum Gasteiger partial charge on any atom is -0.329 e. The van der Waals surface area contributed by atoms with E-state index in [0.29, 0.717) is 12.1 Å². The molecule has 4 nitrogen and oxygen atoms in total. The van der Waals surface area contributed by atoms with Gasteiger partial charge in [0.05, 0.1) is 0 Å². The van der Waals surface area contributed by atoms with Gasteiger partial charge in [-0.2, -0.15) is 0 Å². The molecule has 0 aliphatic carbocycles. The minimum absolute atomic E-state index is 0.626. The summed E-state index contributed by atoms with van der Waals surface area (Å²) in [6, 6.07) is 1.28. The fourth-order valence-corrected chi connectivity index (χ4v) is 1.86. The van der Waals surface area contributed by atoms with E-state index < -0.39 is 0 Å². The molecule has 2 unspecified atom stereocenters. The summed E-state index contributed by atoms with van der Waals surface area (Å²) in [6.07, 6.45) is 0. The average Bonchev–Trinajstić information content (AvgIpc) is 2.18. The Hall–Kier alpha value is -0.160. The summed E-state index contributed by atoms with van der Waals surface area (Å²) in [7, 11) is 0. The second-order valence-corrected chi connectivity index (χ2v) is 4.19. The van der Waals surface area contributed by atoms with Crippen LogP contribution in [-0.4, -0.2) is 56.3 Å². The molecule has 84 valence electrons. The zero-order valence-corrected chi connectivity index (χ0v) is 9.42. The highest BCUT2D eigenvalue weighted by atomic mass is 15.2. The van der Waals surface area contributed by atoms with Crippen molar-refractivity contribution in [3.63, 3.8) is 0 Å². The molecule has 0 aromatic rings. The van der Waals surface area contributed by atoms with Gasteiger partial charge in [0, 0.05) is 51.4 Å². The molecule has 1 fully saturated rings. The number of nitrogens with zero attached hydrogens (tertiary/aromatic N) is 1. The van der Waals surface area contributed by atoms with Crippen LogP contribution < -0.4 is 16.4 Å². The summed E-state index contributed by atoms with van der Waals surface area (Å²) in [6.45, 7) is 10.6. The molecule has 4 heteroatoms. The highest BCUT2D eigenvalue weighted by Gasteiger charge is 2.21. The van der Waals surface area contributed by atoms with Crippen molar-refractivity contribution in [3.8, 4) is 0 Å². The lowest BCUT2D eigenvalue weighted by molar-refractivity contribution is 0.147. The highest BCUT2D eigenvalue weighted by Crippen LogP contribution is 2.04. The second-order valence-electron chi connectivity index (χ2n) is 4.19. The first kappa shape index (κ1) is 11.9. The number of hydrogen-bond acceptors (Lipinski definition) is 4. The van der Waals surface area contributed by atoms with Crippen LogP contribution in [0.1, 0.15) is 13.8 Å². The lowest BCUT2D eigenvalue weighted by atomic mass is 10.1. The summed E-state index contributed by atoms with van der Waals surface area (Å²) in [4.78, 5) is 2.53. The molecule has 0 aromatic heterocycles. The maximum absolute atomic E-state index is 5.41. The van der Waals surface area contributed by atoms with Crippen molar-refractivity contribution in [2.24, 2.45) is 5.73 Å². The standard InChI is InChI=1S/C10H24N4/c1-9-8-14(10(2)7-13-9)6-5-12-4-3-11/h9-10,12-13H,3-8,11H2,1-2H3. The predicted molar refractivity (Wildman–Crippen MR) is 60.4 cm³/mol. The summed E-state index contributed by atoms with van der Waals surface area (Å²) >= 11 is 0. The van der Waals surface area contributed by atoms with Gasteiger partial charge in [0.2, 0.25) is 0 Å². The molecule has 0 amide bonds. The van der Waals surface area contributed by atoms with Crippen molar-refractivity contribution in [1.29, 1.82) is 0 Å². The normalized spacial score (nSPS) is 29.4. The summed E-state index contributed by atoms with van der Waals surface area (Å²) in [5, 5.41) is 6.81. The molecule has 0 radical (unpaired) electrons. The van der Waals surface area contributed by atoms with Crippen LogP contribution >= 0.6 is 0 Å².